The molecule has 0 spiro atoms. The predicted molar refractivity (Wildman–Crippen MR) is 88.8 cm³/mol. The number of anilines is 1. The van der Waals surface area contributed by atoms with E-state index in [1.807, 2.05) is 19.1 Å². The van der Waals surface area contributed by atoms with Gasteiger partial charge in [-0.25, -0.2) is 0 Å². The molecule has 0 aliphatic carbocycles. The zero-order chi connectivity index (χ0) is 14.7. The molecule has 0 aromatic heterocycles. The summed E-state index contributed by atoms with van der Waals surface area (Å²) in [6, 6.07) is 10.7. The molecule has 0 bridgehead atoms. The van der Waals surface area contributed by atoms with E-state index in [2.05, 4.69) is 10.5 Å². The minimum Gasteiger partial charge on any atom is -0.278 e. The standard InChI is InChI=1S/C14H10Cl4N2/c1-8(11-5-6-12(16)14(18)13(11)17)19-20-10-4-2-3-9(15)7-10/h2-7,20H,1H3/b19-8-. The third kappa shape index (κ3) is 3.58. The number of halogens is 4. The Labute approximate surface area is 137 Å². The molecule has 0 aliphatic rings. The number of rotatable bonds is 3. The van der Waals surface area contributed by atoms with E-state index in [1.165, 1.54) is 0 Å². The summed E-state index contributed by atoms with van der Waals surface area (Å²) in [5.41, 5.74) is 5.11. The molecule has 0 saturated heterocycles. The summed E-state index contributed by atoms with van der Waals surface area (Å²) < 4.78 is 0. The molecule has 2 nitrogen and oxygen atoms in total. The first-order valence-corrected chi connectivity index (χ1v) is 7.20. The molecule has 104 valence electrons. The highest BCUT2D eigenvalue weighted by Crippen LogP contribution is 2.33. The highest BCUT2D eigenvalue weighted by molar-refractivity contribution is 6.49. The second-order valence-corrected chi connectivity index (χ2v) is 5.64. The molecule has 2 rings (SSSR count). The van der Waals surface area contributed by atoms with Crippen LogP contribution < -0.4 is 5.43 Å². The molecule has 0 radical (unpaired) electrons. The van der Waals surface area contributed by atoms with Gasteiger partial charge in [-0.2, -0.15) is 5.10 Å². The van der Waals surface area contributed by atoms with Crippen molar-refractivity contribution in [2.45, 2.75) is 6.92 Å². The minimum absolute atomic E-state index is 0.322. The Morgan fingerprint density at radius 2 is 1.75 bits per heavy atom. The highest BCUT2D eigenvalue weighted by atomic mass is 35.5. The average Bonchev–Trinajstić information content (AvgIpc) is 2.42. The van der Waals surface area contributed by atoms with Gasteiger partial charge in [0.1, 0.15) is 0 Å². The number of nitrogens with one attached hydrogen (secondary N) is 1. The van der Waals surface area contributed by atoms with Crippen LogP contribution in [0, 0.1) is 0 Å². The Balaban J connectivity index is 2.25. The SMILES string of the molecule is C/C(=N/Nc1cccc(Cl)c1)c1ccc(Cl)c(Cl)c1Cl. The van der Waals surface area contributed by atoms with Crippen LogP contribution in [0.15, 0.2) is 41.5 Å². The van der Waals surface area contributed by atoms with Crippen LogP contribution >= 0.6 is 46.4 Å². The normalized spacial score (nSPS) is 11.6. The third-order valence-electron chi connectivity index (χ3n) is 2.60. The van der Waals surface area contributed by atoms with Crippen LogP contribution in [0.25, 0.3) is 0 Å². The summed E-state index contributed by atoms with van der Waals surface area (Å²) in [6.45, 7) is 1.82. The number of hydrogen-bond donors (Lipinski definition) is 1. The largest absolute Gasteiger partial charge is 0.278 e. The lowest BCUT2D eigenvalue weighted by Crippen LogP contribution is -2.01. The molecule has 6 heteroatoms. The predicted octanol–water partition coefficient (Wildman–Crippen LogP) is 6.14. The van der Waals surface area contributed by atoms with Gasteiger partial charge in [0.2, 0.25) is 0 Å². The van der Waals surface area contributed by atoms with Gasteiger partial charge >= 0.3 is 0 Å². The van der Waals surface area contributed by atoms with Gasteiger partial charge < -0.3 is 0 Å². The lowest BCUT2D eigenvalue weighted by molar-refractivity contribution is 1.32. The summed E-state index contributed by atoms with van der Waals surface area (Å²) in [7, 11) is 0. The number of hydrazone groups is 1. The first-order valence-electron chi connectivity index (χ1n) is 5.69. The molecule has 0 atom stereocenters. The quantitative estimate of drug-likeness (QED) is 0.402. The van der Waals surface area contributed by atoms with E-state index < -0.39 is 0 Å². The molecular formula is C14H10Cl4N2. The molecule has 2 aromatic carbocycles. The maximum Gasteiger partial charge on any atom is 0.0785 e. The Morgan fingerprint density at radius 3 is 2.45 bits per heavy atom. The van der Waals surface area contributed by atoms with Crippen molar-refractivity contribution < 1.29 is 0 Å². The molecule has 1 N–H and O–H groups in total. The van der Waals surface area contributed by atoms with E-state index in [1.54, 1.807) is 24.3 Å². The Morgan fingerprint density at radius 1 is 1.00 bits per heavy atom. The zero-order valence-corrected chi connectivity index (χ0v) is 13.4. The van der Waals surface area contributed by atoms with Gasteiger partial charge in [-0.05, 0) is 31.2 Å². The molecule has 0 saturated carbocycles. The third-order valence-corrected chi connectivity index (χ3v) is 4.13. The van der Waals surface area contributed by atoms with Gasteiger partial charge in [0.15, 0.2) is 0 Å². The fourth-order valence-corrected chi connectivity index (χ4v) is 2.43. The molecule has 0 unspecified atom stereocenters. The zero-order valence-electron chi connectivity index (χ0n) is 10.4. The maximum atomic E-state index is 6.15. The molecule has 0 heterocycles. The van der Waals surface area contributed by atoms with Gasteiger partial charge in [0.05, 0.1) is 26.5 Å². The van der Waals surface area contributed by atoms with Crippen molar-refractivity contribution in [3.05, 3.63) is 62.1 Å². The monoisotopic (exact) mass is 346 g/mol. The summed E-state index contributed by atoms with van der Waals surface area (Å²) in [4.78, 5) is 0. The van der Waals surface area contributed by atoms with Crippen molar-refractivity contribution in [3.63, 3.8) is 0 Å². The lowest BCUT2D eigenvalue weighted by Gasteiger charge is -2.08. The summed E-state index contributed by atoms with van der Waals surface area (Å²) in [5, 5.41) is 6.01. The van der Waals surface area contributed by atoms with E-state index in [4.69, 9.17) is 46.4 Å². The van der Waals surface area contributed by atoms with E-state index in [-0.39, 0.29) is 0 Å². The van der Waals surface area contributed by atoms with Crippen LogP contribution in [0.3, 0.4) is 0 Å². The van der Waals surface area contributed by atoms with Crippen molar-refractivity contribution in [3.8, 4) is 0 Å². The van der Waals surface area contributed by atoms with Gasteiger partial charge in [-0.1, -0.05) is 58.5 Å². The van der Waals surface area contributed by atoms with Crippen LogP contribution in [0.4, 0.5) is 5.69 Å². The smallest absolute Gasteiger partial charge is 0.0785 e. The first kappa shape index (κ1) is 15.5. The van der Waals surface area contributed by atoms with Crippen molar-refractivity contribution in [2.75, 3.05) is 5.43 Å². The van der Waals surface area contributed by atoms with Gasteiger partial charge in [-0.3, -0.25) is 5.43 Å². The second-order valence-electron chi connectivity index (χ2n) is 4.04. The van der Waals surface area contributed by atoms with Crippen LogP contribution in [0.1, 0.15) is 12.5 Å². The van der Waals surface area contributed by atoms with Crippen LogP contribution in [-0.4, -0.2) is 5.71 Å². The van der Waals surface area contributed by atoms with E-state index in [0.717, 1.165) is 11.3 Å². The fourth-order valence-electron chi connectivity index (χ4n) is 1.57. The average molecular weight is 348 g/mol. The molecule has 0 amide bonds. The first-order chi connectivity index (χ1) is 9.49. The lowest BCUT2D eigenvalue weighted by atomic mass is 10.1. The van der Waals surface area contributed by atoms with Crippen molar-refractivity contribution >= 4 is 57.8 Å². The number of hydrogen-bond acceptors (Lipinski definition) is 2. The van der Waals surface area contributed by atoms with Crippen LogP contribution in [0.2, 0.25) is 20.1 Å². The van der Waals surface area contributed by atoms with Gasteiger partial charge in [-0.15, -0.1) is 0 Å². The topological polar surface area (TPSA) is 24.4 Å². The van der Waals surface area contributed by atoms with Crippen molar-refractivity contribution in [1.82, 2.24) is 0 Å². The molecule has 0 fully saturated rings. The summed E-state index contributed by atoms with van der Waals surface area (Å²) in [5.74, 6) is 0. The number of nitrogens with zero attached hydrogens (tertiary/aromatic N) is 1. The van der Waals surface area contributed by atoms with E-state index in [9.17, 15) is 0 Å². The van der Waals surface area contributed by atoms with Crippen LogP contribution in [-0.2, 0) is 0 Å². The molecule has 20 heavy (non-hydrogen) atoms. The molecular weight excluding hydrogens is 338 g/mol. The van der Waals surface area contributed by atoms with Gasteiger partial charge in [0, 0.05) is 10.6 Å². The fraction of sp³-hybridized carbons (Fsp3) is 0.0714. The van der Waals surface area contributed by atoms with E-state index in [0.29, 0.717) is 25.8 Å². The molecule has 2 aromatic rings. The number of benzene rings is 2. The van der Waals surface area contributed by atoms with Gasteiger partial charge in [0.25, 0.3) is 0 Å². The van der Waals surface area contributed by atoms with Crippen molar-refractivity contribution in [2.24, 2.45) is 5.10 Å². The highest BCUT2D eigenvalue weighted by Gasteiger charge is 2.10. The Kier molecular flexibility index (Phi) is 5.17. The van der Waals surface area contributed by atoms with E-state index >= 15 is 0 Å². The summed E-state index contributed by atoms with van der Waals surface area (Å²) >= 11 is 24.0. The molecule has 0 aliphatic heterocycles. The Hall–Kier alpha value is -0.930. The second kappa shape index (κ2) is 6.68. The van der Waals surface area contributed by atoms with Crippen molar-refractivity contribution in [1.29, 1.82) is 0 Å². The summed E-state index contributed by atoms with van der Waals surface area (Å²) in [6.07, 6.45) is 0. The minimum atomic E-state index is 0.322. The maximum absolute atomic E-state index is 6.15. The van der Waals surface area contributed by atoms with Crippen LogP contribution in [0.5, 0.6) is 0 Å². The Bertz CT molecular complexity index is 668.